The van der Waals surface area contributed by atoms with Crippen molar-refractivity contribution in [3.05, 3.63) is 64.1 Å². The topological polar surface area (TPSA) is 90.0 Å². The number of benzene rings is 2. The Morgan fingerprint density at radius 1 is 1.00 bits per heavy atom. The number of sulfonamides is 1. The monoisotopic (exact) mass is 481 g/mol. The fourth-order valence-corrected chi connectivity index (χ4v) is 4.50. The molecule has 0 N–H and O–H groups in total. The first-order valence-electron chi connectivity index (χ1n) is 8.98. The van der Waals surface area contributed by atoms with Crippen LogP contribution in [0, 0.1) is 0 Å². The average molecular weight is 482 g/mol. The minimum atomic E-state index is -3.64. The first-order chi connectivity index (χ1) is 13.8. The summed E-state index contributed by atoms with van der Waals surface area (Å²) >= 11 is 3.30. The Morgan fingerprint density at radius 2 is 1.55 bits per heavy atom. The third-order valence-electron chi connectivity index (χ3n) is 4.48. The van der Waals surface area contributed by atoms with E-state index in [1.54, 1.807) is 24.3 Å². The van der Waals surface area contributed by atoms with Crippen LogP contribution in [0.1, 0.15) is 27.6 Å². The average Bonchev–Trinajstić information content (AvgIpc) is 2.74. The quantitative estimate of drug-likeness (QED) is 0.465. The van der Waals surface area contributed by atoms with E-state index in [1.165, 1.54) is 35.5 Å². The molecule has 154 valence electrons. The Balaban J connectivity index is 1.67. The van der Waals surface area contributed by atoms with E-state index >= 15 is 0 Å². The summed E-state index contributed by atoms with van der Waals surface area (Å²) in [5.41, 5.74) is 0.599. The molecule has 2 aromatic rings. The lowest BCUT2D eigenvalue weighted by molar-refractivity contribution is 0.0318. The molecule has 0 aliphatic carbocycles. The number of Topliss-reactive ketones (excluding diaryl/α,β-unsaturated/α-hetero) is 1. The largest absolute Gasteiger partial charge is 0.451 e. The molecule has 9 heteroatoms. The fourth-order valence-electron chi connectivity index (χ4n) is 2.83. The summed E-state index contributed by atoms with van der Waals surface area (Å²) in [5.74, 6) is -1.02. The van der Waals surface area contributed by atoms with Crippen LogP contribution in [0.2, 0.25) is 0 Å². The van der Waals surface area contributed by atoms with Gasteiger partial charge in [-0.25, -0.2) is 13.2 Å². The van der Waals surface area contributed by atoms with Crippen LogP contribution in [-0.4, -0.2) is 56.9 Å². The Kier molecular flexibility index (Phi) is 6.84. The molecule has 1 aliphatic heterocycles. The van der Waals surface area contributed by atoms with E-state index in [1.807, 2.05) is 0 Å². The SMILES string of the molecule is CC(OC(=O)c1ccc(S(=O)(=O)N2CCOCC2)cc1)C(=O)c1ccc(Br)cc1. The molecule has 1 heterocycles. The number of esters is 1. The lowest BCUT2D eigenvalue weighted by Crippen LogP contribution is -2.40. The Morgan fingerprint density at radius 3 is 2.14 bits per heavy atom. The van der Waals surface area contributed by atoms with Gasteiger partial charge in [0.05, 0.1) is 23.7 Å². The maximum atomic E-state index is 12.6. The molecule has 7 nitrogen and oxygen atoms in total. The Bertz CT molecular complexity index is 983. The lowest BCUT2D eigenvalue weighted by atomic mass is 10.1. The molecule has 0 radical (unpaired) electrons. The molecule has 2 aromatic carbocycles. The highest BCUT2D eigenvalue weighted by atomic mass is 79.9. The third kappa shape index (κ3) is 5.11. The molecule has 1 atom stereocenters. The maximum Gasteiger partial charge on any atom is 0.338 e. The number of hydrogen-bond donors (Lipinski definition) is 0. The molecule has 1 unspecified atom stereocenters. The molecular formula is C20H20BrNO6S. The molecule has 1 saturated heterocycles. The highest BCUT2D eigenvalue weighted by Crippen LogP contribution is 2.19. The van der Waals surface area contributed by atoms with Gasteiger partial charge in [-0.2, -0.15) is 4.31 Å². The van der Waals surface area contributed by atoms with Gasteiger partial charge in [-0.3, -0.25) is 4.79 Å². The maximum absolute atomic E-state index is 12.6. The van der Waals surface area contributed by atoms with E-state index < -0.39 is 22.1 Å². The predicted molar refractivity (Wildman–Crippen MR) is 109 cm³/mol. The molecule has 0 spiro atoms. The van der Waals surface area contributed by atoms with Gasteiger partial charge in [-0.1, -0.05) is 28.1 Å². The van der Waals surface area contributed by atoms with Gasteiger partial charge in [0, 0.05) is 23.1 Å². The van der Waals surface area contributed by atoms with Gasteiger partial charge in [0.2, 0.25) is 15.8 Å². The van der Waals surface area contributed by atoms with Crippen molar-refractivity contribution in [2.24, 2.45) is 0 Å². The summed E-state index contributed by atoms with van der Waals surface area (Å²) < 4.78 is 37.9. The van der Waals surface area contributed by atoms with Crippen molar-refractivity contribution in [1.82, 2.24) is 4.31 Å². The number of halogens is 1. The van der Waals surface area contributed by atoms with Crippen molar-refractivity contribution in [2.75, 3.05) is 26.3 Å². The van der Waals surface area contributed by atoms with Crippen LogP contribution < -0.4 is 0 Å². The van der Waals surface area contributed by atoms with Crippen LogP contribution in [0.15, 0.2) is 57.9 Å². The summed E-state index contributed by atoms with van der Waals surface area (Å²) in [5, 5.41) is 0. The molecule has 0 aromatic heterocycles. The zero-order valence-electron chi connectivity index (χ0n) is 15.7. The predicted octanol–water partition coefficient (Wildman–Crippen LogP) is 2.90. The van der Waals surface area contributed by atoms with Crippen molar-refractivity contribution in [1.29, 1.82) is 0 Å². The summed E-state index contributed by atoms with van der Waals surface area (Å²) in [6.45, 7) is 2.80. The lowest BCUT2D eigenvalue weighted by Gasteiger charge is -2.26. The second-order valence-corrected chi connectivity index (χ2v) is 9.31. The van der Waals surface area contributed by atoms with E-state index in [0.717, 1.165) is 4.47 Å². The summed E-state index contributed by atoms with van der Waals surface area (Å²) in [6.07, 6.45) is -0.972. The molecule has 29 heavy (non-hydrogen) atoms. The van der Waals surface area contributed by atoms with Crippen molar-refractivity contribution >= 4 is 37.7 Å². The van der Waals surface area contributed by atoms with E-state index in [0.29, 0.717) is 31.9 Å². The minimum absolute atomic E-state index is 0.0925. The molecule has 1 fully saturated rings. The van der Waals surface area contributed by atoms with E-state index in [9.17, 15) is 18.0 Å². The van der Waals surface area contributed by atoms with Crippen molar-refractivity contribution in [3.63, 3.8) is 0 Å². The first-order valence-corrected chi connectivity index (χ1v) is 11.2. The second kappa shape index (κ2) is 9.17. The number of carbonyl (C=O) groups is 2. The van der Waals surface area contributed by atoms with Crippen molar-refractivity contribution < 1.29 is 27.5 Å². The number of carbonyl (C=O) groups excluding carboxylic acids is 2. The third-order valence-corrected chi connectivity index (χ3v) is 6.92. The number of hydrogen-bond acceptors (Lipinski definition) is 6. The van der Waals surface area contributed by atoms with Gasteiger partial charge in [0.15, 0.2) is 6.10 Å². The summed E-state index contributed by atoms with van der Waals surface area (Å²) in [4.78, 5) is 24.8. The van der Waals surface area contributed by atoms with Crippen molar-refractivity contribution in [2.45, 2.75) is 17.9 Å². The zero-order chi connectivity index (χ0) is 21.0. The van der Waals surface area contributed by atoms with Gasteiger partial charge in [-0.05, 0) is 43.3 Å². The van der Waals surface area contributed by atoms with Crippen LogP contribution in [-0.2, 0) is 19.5 Å². The normalized spacial score (nSPS) is 16.2. The Labute approximate surface area is 177 Å². The van der Waals surface area contributed by atoms with Crippen molar-refractivity contribution in [3.8, 4) is 0 Å². The molecule has 0 saturated carbocycles. The standard InChI is InChI=1S/C20H20BrNO6S/c1-14(19(23)15-2-6-17(21)7-3-15)28-20(24)16-4-8-18(9-5-16)29(25,26)22-10-12-27-13-11-22/h2-9,14H,10-13H2,1H3. The number of ketones is 1. The van der Waals surface area contributed by atoms with Gasteiger partial charge >= 0.3 is 5.97 Å². The number of morpholine rings is 1. The molecule has 0 amide bonds. The van der Waals surface area contributed by atoms with E-state index in [4.69, 9.17) is 9.47 Å². The number of ether oxygens (including phenoxy) is 2. The van der Waals surface area contributed by atoms with Gasteiger partial charge in [-0.15, -0.1) is 0 Å². The summed E-state index contributed by atoms with van der Waals surface area (Å²) in [7, 11) is -3.64. The van der Waals surface area contributed by atoms with E-state index in [2.05, 4.69) is 15.9 Å². The van der Waals surface area contributed by atoms with Gasteiger partial charge in [0.25, 0.3) is 0 Å². The Hall–Kier alpha value is -2.07. The van der Waals surface area contributed by atoms with Gasteiger partial charge < -0.3 is 9.47 Å². The smallest absolute Gasteiger partial charge is 0.338 e. The first kappa shape index (κ1) is 21.6. The molecule has 0 bridgehead atoms. The van der Waals surface area contributed by atoms with Gasteiger partial charge in [0.1, 0.15) is 0 Å². The van der Waals surface area contributed by atoms with Crippen LogP contribution >= 0.6 is 15.9 Å². The fraction of sp³-hybridized carbons (Fsp3) is 0.300. The van der Waals surface area contributed by atoms with E-state index in [-0.39, 0.29) is 16.2 Å². The highest BCUT2D eigenvalue weighted by molar-refractivity contribution is 9.10. The number of rotatable bonds is 6. The van der Waals surface area contributed by atoms with Crippen LogP contribution in [0.3, 0.4) is 0 Å². The molecular weight excluding hydrogens is 462 g/mol. The minimum Gasteiger partial charge on any atom is -0.451 e. The summed E-state index contributed by atoms with van der Waals surface area (Å²) in [6, 6.07) is 12.2. The molecule has 3 rings (SSSR count). The number of nitrogens with zero attached hydrogens (tertiary/aromatic N) is 1. The van der Waals surface area contributed by atoms with Crippen LogP contribution in [0.5, 0.6) is 0 Å². The zero-order valence-corrected chi connectivity index (χ0v) is 18.1. The highest BCUT2D eigenvalue weighted by Gasteiger charge is 2.27. The van der Waals surface area contributed by atoms with Crippen LogP contribution in [0.4, 0.5) is 0 Å². The molecule has 1 aliphatic rings. The van der Waals surface area contributed by atoms with Crippen LogP contribution in [0.25, 0.3) is 0 Å². The second-order valence-electron chi connectivity index (χ2n) is 6.46.